The summed E-state index contributed by atoms with van der Waals surface area (Å²) in [6, 6.07) is 5.98. The molecule has 1 amide bonds. The van der Waals surface area contributed by atoms with Gasteiger partial charge in [0.2, 0.25) is 5.91 Å². The first kappa shape index (κ1) is 18.2. The lowest BCUT2D eigenvalue weighted by Crippen LogP contribution is -2.16. The maximum absolute atomic E-state index is 12.1. The normalized spacial score (nSPS) is 12.2. The van der Waals surface area contributed by atoms with Crippen LogP contribution >= 0.6 is 15.9 Å². The number of nitrogens with one attached hydrogen (secondary N) is 1. The molecule has 0 heterocycles. The van der Waals surface area contributed by atoms with Crippen LogP contribution in [-0.4, -0.2) is 12.5 Å². The summed E-state index contributed by atoms with van der Waals surface area (Å²) in [5, 5.41) is 3.04. The van der Waals surface area contributed by atoms with E-state index in [4.69, 9.17) is 5.73 Å². The minimum absolute atomic E-state index is 0.102. The molecule has 0 aliphatic rings. The van der Waals surface area contributed by atoms with Crippen LogP contribution in [0.5, 0.6) is 0 Å². The summed E-state index contributed by atoms with van der Waals surface area (Å²) >= 11 is 3.46. The zero-order valence-corrected chi connectivity index (χ0v) is 14.7. The van der Waals surface area contributed by atoms with Gasteiger partial charge >= 0.3 is 0 Å². The average Bonchev–Trinajstić information content (AvgIpc) is 2.47. The Labute approximate surface area is 136 Å². The third kappa shape index (κ3) is 6.62. The van der Waals surface area contributed by atoms with Crippen LogP contribution in [-0.2, 0) is 11.2 Å². The van der Waals surface area contributed by atoms with Crippen LogP contribution in [0.4, 0.5) is 5.69 Å². The van der Waals surface area contributed by atoms with Gasteiger partial charge in [-0.25, -0.2) is 0 Å². The van der Waals surface area contributed by atoms with Gasteiger partial charge in [-0.3, -0.25) is 4.79 Å². The Morgan fingerprint density at radius 3 is 2.67 bits per heavy atom. The molecule has 0 radical (unpaired) electrons. The Bertz CT molecular complexity index is 442. The van der Waals surface area contributed by atoms with Crippen LogP contribution in [0, 0.1) is 5.92 Å². The lowest BCUT2D eigenvalue weighted by atomic mass is 9.94. The van der Waals surface area contributed by atoms with E-state index in [2.05, 4.69) is 41.2 Å². The number of hydrogen-bond acceptors (Lipinski definition) is 2. The number of carbonyl (C=O) groups is 1. The lowest BCUT2D eigenvalue weighted by molar-refractivity contribution is -0.116. The standard InChI is InChI=1S/C17H27BrN2O/c1-3-5-13(10-11-19)6-9-17(21)20-16-8-7-15(18)12-14(16)4-2/h7-8,12-13H,3-6,9-11,19H2,1-2H3,(H,20,21). The zero-order valence-electron chi connectivity index (χ0n) is 13.1. The van der Waals surface area contributed by atoms with E-state index in [0.29, 0.717) is 18.9 Å². The molecule has 21 heavy (non-hydrogen) atoms. The summed E-state index contributed by atoms with van der Waals surface area (Å²) in [6.45, 7) is 4.98. The number of aryl methyl sites for hydroxylation is 1. The highest BCUT2D eigenvalue weighted by molar-refractivity contribution is 9.10. The van der Waals surface area contributed by atoms with Gasteiger partial charge in [0.25, 0.3) is 0 Å². The molecule has 118 valence electrons. The lowest BCUT2D eigenvalue weighted by Gasteiger charge is -2.15. The fourth-order valence-electron chi connectivity index (χ4n) is 2.60. The number of benzene rings is 1. The Balaban J connectivity index is 2.53. The van der Waals surface area contributed by atoms with Crippen molar-refractivity contribution >= 4 is 27.5 Å². The first-order chi connectivity index (χ1) is 10.1. The predicted molar refractivity (Wildman–Crippen MR) is 93.5 cm³/mol. The maximum Gasteiger partial charge on any atom is 0.224 e. The third-order valence-corrected chi connectivity index (χ3v) is 4.27. The van der Waals surface area contributed by atoms with E-state index >= 15 is 0 Å². The van der Waals surface area contributed by atoms with Gasteiger partial charge in [-0.15, -0.1) is 0 Å². The van der Waals surface area contributed by atoms with Crippen LogP contribution < -0.4 is 11.1 Å². The van der Waals surface area contributed by atoms with Crippen LogP contribution in [0.2, 0.25) is 0 Å². The van der Waals surface area contributed by atoms with E-state index in [1.807, 2.05) is 12.1 Å². The quantitative estimate of drug-likeness (QED) is 0.685. The molecule has 4 heteroatoms. The third-order valence-electron chi connectivity index (χ3n) is 3.77. The second-order valence-electron chi connectivity index (χ2n) is 5.47. The van der Waals surface area contributed by atoms with E-state index in [0.717, 1.165) is 47.8 Å². The zero-order chi connectivity index (χ0) is 15.7. The Morgan fingerprint density at radius 2 is 2.05 bits per heavy atom. The Hall–Kier alpha value is -0.870. The Morgan fingerprint density at radius 1 is 1.29 bits per heavy atom. The molecule has 0 saturated carbocycles. The largest absolute Gasteiger partial charge is 0.330 e. The average molecular weight is 355 g/mol. The van der Waals surface area contributed by atoms with Crippen molar-refractivity contribution in [1.82, 2.24) is 0 Å². The van der Waals surface area contributed by atoms with Crippen LogP contribution in [0.15, 0.2) is 22.7 Å². The summed E-state index contributed by atoms with van der Waals surface area (Å²) < 4.78 is 1.04. The number of amides is 1. The molecular weight excluding hydrogens is 328 g/mol. The van der Waals surface area contributed by atoms with Gasteiger partial charge in [-0.1, -0.05) is 42.6 Å². The van der Waals surface area contributed by atoms with Crippen molar-refractivity contribution in [2.45, 2.75) is 52.4 Å². The molecular formula is C17H27BrN2O. The molecule has 3 nitrogen and oxygen atoms in total. The number of halogens is 1. The molecule has 0 aliphatic carbocycles. The van der Waals surface area contributed by atoms with Gasteiger partial charge in [0, 0.05) is 16.6 Å². The molecule has 1 unspecified atom stereocenters. The number of anilines is 1. The van der Waals surface area contributed by atoms with Crippen LogP contribution in [0.3, 0.4) is 0 Å². The Kier molecular flexibility index (Phi) is 8.62. The molecule has 1 atom stereocenters. The first-order valence-corrected chi connectivity index (χ1v) is 8.68. The van der Waals surface area contributed by atoms with E-state index in [1.54, 1.807) is 0 Å². The number of rotatable bonds is 9. The minimum atomic E-state index is 0.102. The van der Waals surface area contributed by atoms with Crippen molar-refractivity contribution in [1.29, 1.82) is 0 Å². The van der Waals surface area contributed by atoms with E-state index in [-0.39, 0.29) is 5.91 Å². The van der Waals surface area contributed by atoms with Gasteiger partial charge < -0.3 is 11.1 Å². The summed E-state index contributed by atoms with van der Waals surface area (Å²) in [6.07, 6.45) is 5.72. The molecule has 1 rings (SSSR count). The summed E-state index contributed by atoms with van der Waals surface area (Å²) in [7, 11) is 0. The van der Waals surface area contributed by atoms with Crippen LogP contribution in [0.25, 0.3) is 0 Å². The SMILES string of the molecule is CCCC(CCN)CCC(=O)Nc1ccc(Br)cc1CC. The van der Waals surface area contributed by atoms with Gasteiger partial charge in [-0.05, 0) is 55.5 Å². The van der Waals surface area contributed by atoms with Crippen molar-refractivity contribution in [2.75, 3.05) is 11.9 Å². The molecule has 1 aromatic carbocycles. The summed E-state index contributed by atoms with van der Waals surface area (Å²) in [5.41, 5.74) is 7.72. The van der Waals surface area contributed by atoms with Crippen molar-refractivity contribution in [2.24, 2.45) is 11.7 Å². The fraction of sp³-hybridized carbons (Fsp3) is 0.588. The molecule has 0 aliphatic heterocycles. The van der Waals surface area contributed by atoms with E-state index in [1.165, 1.54) is 0 Å². The molecule has 3 N–H and O–H groups in total. The number of carbonyl (C=O) groups excluding carboxylic acids is 1. The monoisotopic (exact) mass is 354 g/mol. The van der Waals surface area contributed by atoms with Gasteiger partial charge in [0.15, 0.2) is 0 Å². The highest BCUT2D eigenvalue weighted by Gasteiger charge is 2.11. The molecule has 0 aromatic heterocycles. The number of hydrogen-bond donors (Lipinski definition) is 2. The fourth-order valence-corrected chi connectivity index (χ4v) is 3.01. The van der Waals surface area contributed by atoms with Gasteiger partial charge in [0.05, 0.1) is 0 Å². The highest BCUT2D eigenvalue weighted by Crippen LogP contribution is 2.22. The van der Waals surface area contributed by atoms with Crippen LogP contribution in [0.1, 0.15) is 51.5 Å². The van der Waals surface area contributed by atoms with E-state index < -0.39 is 0 Å². The van der Waals surface area contributed by atoms with Crippen molar-refractivity contribution in [3.8, 4) is 0 Å². The van der Waals surface area contributed by atoms with Crippen molar-refractivity contribution < 1.29 is 4.79 Å². The molecule has 0 bridgehead atoms. The second-order valence-corrected chi connectivity index (χ2v) is 6.39. The van der Waals surface area contributed by atoms with E-state index in [9.17, 15) is 4.79 Å². The smallest absolute Gasteiger partial charge is 0.224 e. The summed E-state index contributed by atoms with van der Waals surface area (Å²) in [4.78, 5) is 12.1. The van der Waals surface area contributed by atoms with Crippen molar-refractivity contribution in [3.63, 3.8) is 0 Å². The maximum atomic E-state index is 12.1. The topological polar surface area (TPSA) is 55.1 Å². The van der Waals surface area contributed by atoms with Gasteiger partial charge in [0.1, 0.15) is 0 Å². The number of nitrogens with two attached hydrogens (primary N) is 1. The molecule has 0 fully saturated rings. The summed E-state index contributed by atoms with van der Waals surface area (Å²) in [5.74, 6) is 0.673. The molecule has 0 saturated heterocycles. The first-order valence-electron chi connectivity index (χ1n) is 7.89. The molecule has 1 aromatic rings. The van der Waals surface area contributed by atoms with Crippen molar-refractivity contribution in [3.05, 3.63) is 28.2 Å². The highest BCUT2D eigenvalue weighted by atomic mass is 79.9. The minimum Gasteiger partial charge on any atom is -0.330 e. The predicted octanol–water partition coefficient (Wildman–Crippen LogP) is 4.50. The molecule has 0 spiro atoms. The second kappa shape index (κ2) is 9.96. The van der Waals surface area contributed by atoms with Gasteiger partial charge in [-0.2, -0.15) is 0 Å².